The van der Waals surface area contributed by atoms with Gasteiger partial charge in [0.25, 0.3) is 0 Å². The molecule has 0 heterocycles. The highest BCUT2D eigenvalue weighted by atomic mass is 16.5. The second-order valence-corrected chi connectivity index (χ2v) is 4.62. The van der Waals surface area contributed by atoms with Gasteiger partial charge in [-0.1, -0.05) is 18.2 Å². The van der Waals surface area contributed by atoms with Gasteiger partial charge in [0.15, 0.2) is 11.5 Å². The molecule has 0 radical (unpaired) electrons. The molecule has 0 fully saturated rings. The predicted molar refractivity (Wildman–Crippen MR) is 78.6 cm³/mol. The van der Waals surface area contributed by atoms with Crippen molar-refractivity contribution in [2.45, 2.75) is 13.1 Å². The monoisotopic (exact) mass is 287 g/mol. The summed E-state index contributed by atoms with van der Waals surface area (Å²) in [5.41, 5.74) is 2.15. The summed E-state index contributed by atoms with van der Waals surface area (Å²) in [5, 5.41) is 21.7. The Balaban J connectivity index is 1.95. The minimum Gasteiger partial charge on any atom is -0.504 e. The van der Waals surface area contributed by atoms with Crippen LogP contribution in [0.25, 0.3) is 0 Å². The molecule has 2 aromatic rings. The summed E-state index contributed by atoms with van der Waals surface area (Å²) in [4.78, 5) is 10.9. The molecular weight excluding hydrogens is 270 g/mol. The van der Waals surface area contributed by atoms with Gasteiger partial charge < -0.3 is 20.3 Å². The van der Waals surface area contributed by atoms with Crippen LogP contribution in [0.2, 0.25) is 0 Å². The summed E-state index contributed by atoms with van der Waals surface area (Å²) in [6.07, 6.45) is 0. The Labute approximate surface area is 122 Å². The second-order valence-electron chi connectivity index (χ2n) is 4.62. The quantitative estimate of drug-likeness (QED) is 0.760. The lowest BCUT2D eigenvalue weighted by Crippen LogP contribution is -2.13. The molecule has 110 valence electrons. The minimum atomic E-state index is -0.930. The highest BCUT2D eigenvalue weighted by molar-refractivity contribution is 5.87. The van der Waals surface area contributed by atoms with Crippen molar-refractivity contribution < 1.29 is 19.7 Å². The molecule has 0 saturated heterocycles. The summed E-state index contributed by atoms with van der Waals surface area (Å²) in [5.74, 6) is -0.391. The zero-order valence-electron chi connectivity index (χ0n) is 11.7. The van der Waals surface area contributed by atoms with Gasteiger partial charge in [-0.3, -0.25) is 0 Å². The van der Waals surface area contributed by atoms with Gasteiger partial charge in [-0.15, -0.1) is 0 Å². The van der Waals surface area contributed by atoms with E-state index in [4.69, 9.17) is 9.84 Å². The summed E-state index contributed by atoms with van der Waals surface area (Å²) in [7, 11) is 1.50. The van der Waals surface area contributed by atoms with Gasteiger partial charge in [-0.05, 0) is 35.4 Å². The first-order valence-electron chi connectivity index (χ1n) is 6.49. The third kappa shape index (κ3) is 3.97. The molecule has 2 rings (SSSR count). The Morgan fingerprint density at radius 2 is 1.86 bits per heavy atom. The van der Waals surface area contributed by atoms with E-state index in [2.05, 4.69) is 5.32 Å². The van der Waals surface area contributed by atoms with E-state index in [0.717, 1.165) is 11.1 Å². The van der Waals surface area contributed by atoms with Gasteiger partial charge in [0.1, 0.15) is 0 Å². The van der Waals surface area contributed by atoms with Crippen molar-refractivity contribution in [3.63, 3.8) is 0 Å². The molecule has 0 aliphatic carbocycles. The number of phenols is 1. The van der Waals surface area contributed by atoms with Crippen LogP contribution in [0.4, 0.5) is 0 Å². The fraction of sp³-hybridized carbons (Fsp3) is 0.188. The molecule has 0 saturated carbocycles. The lowest BCUT2D eigenvalue weighted by atomic mass is 10.1. The van der Waals surface area contributed by atoms with Gasteiger partial charge in [-0.2, -0.15) is 0 Å². The Hall–Kier alpha value is -2.53. The molecule has 5 heteroatoms. The molecular formula is C16H17NO4. The fourth-order valence-electron chi connectivity index (χ4n) is 2.00. The average molecular weight is 287 g/mol. The van der Waals surface area contributed by atoms with Crippen LogP contribution in [0, 0.1) is 0 Å². The van der Waals surface area contributed by atoms with Gasteiger partial charge in [0.2, 0.25) is 0 Å². The number of aromatic hydroxyl groups is 1. The number of ether oxygens (including phenoxy) is 1. The number of carboxylic acid groups (broad SMARTS) is 1. The van der Waals surface area contributed by atoms with E-state index >= 15 is 0 Å². The Morgan fingerprint density at radius 1 is 1.14 bits per heavy atom. The van der Waals surface area contributed by atoms with Crippen LogP contribution in [-0.2, 0) is 13.1 Å². The summed E-state index contributed by atoms with van der Waals surface area (Å²) in [6.45, 7) is 1.15. The summed E-state index contributed by atoms with van der Waals surface area (Å²) >= 11 is 0. The Kier molecular flexibility index (Phi) is 4.79. The lowest BCUT2D eigenvalue weighted by Gasteiger charge is -2.08. The van der Waals surface area contributed by atoms with Crippen LogP contribution < -0.4 is 10.1 Å². The highest BCUT2D eigenvalue weighted by Crippen LogP contribution is 2.26. The standard InChI is InChI=1S/C16H17NO4/c1-21-15-8-12(5-6-14(15)18)10-17-9-11-3-2-4-13(7-11)16(19)20/h2-8,17-18H,9-10H2,1H3,(H,19,20). The third-order valence-corrected chi connectivity index (χ3v) is 3.08. The molecule has 5 nitrogen and oxygen atoms in total. The molecule has 0 atom stereocenters. The largest absolute Gasteiger partial charge is 0.504 e. The number of benzene rings is 2. The number of carbonyl (C=O) groups is 1. The molecule has 3 N–H and O–H groups in total. The number of nitrogens with one attached hydrogen (secondary N) is 1. The molecule has 0 amide bonds. The van der Waals surface area contributed by atoms with E-state index in [1.165, 1.54) is 7.11 Å². The number of aromatic carboxylic acids is 1. The third-order valence-electron chi connectivity index (χ3n) is 3.08. The predicted octanol–water partition coefficient (Wildman–Crippen LogP) is 2.39. The van der Waals surface area contributed by atoms with Crippen molar-refractivity contribution in [2.75, 3.05) is 7.11 Å². The second kappa shape index (κ2) is 6.76. The number of hydrogen-bond acceptors (Lipinski definition) is 4. The van der Waals surface area contributed by atoms with Crippen LogP contribution in [0.3, 0.4) is 0 Å². The number of carboxylic acids is 1. The van der Waals surface area contributed by atoms with E-state index in [1.54, 1.807) is 36.4 Å². The van der Waals surface area contributed by atoms with E-state index < -0.39 is 5.97 Å². The molecule has 0 aliphatic rings. The van der Waals surface area contributed by atoms with Gasteiger partial charge in [0, 0.05) is 13.1 Å². The van der Waals surface area contributed by atoms with Gasteiger partial charge in [0.05, 0.1) is 12.7 Å². The van der Waals surface area contributed by atoms with Crippen LogP contribution in [0.15, 0.2) is 42.5 Å². The average Bonchev–Trinajstić information content (AvgIpc) is 2.49. The minimum absolute atomic E-state index is 0.107. The van der Waals surface area contributed by atoms with E-state index in [9.17, 15) is 9.90 Å². The van der Waals surface area contributed by atoms with E-state index in [0.29, 0.717) is 18.8 Å². The maximum absolute atomic E-state index is 10.9. The molecule has 0 aromatic heterocycles. The first-order valence-corrected chi connectivity index (χ1v) is 6.49. The number of phenolic OH excluding ortho intramolecular Hbond substituents is 1. The highest BCUT2D eigenvalue weighted by Gasteiger charge is 2.04. The summed E-state index contributed by atoms with van der Waals surface area (Å²) in [6, 6.07) is 12.0. The van der Waals surface area contributed by atoms with E-state index in [1.807, 2.05) is 6.07 Å². The van der Waals surface area contributed by atoms with Crippen LogP contribution in [0.5, 0.6) is 11.5 Å². The normalized spacial score (nSPS) is 10.3. The molecule has 0 unspecified atom stereocenters. The SMILES string of the molecule is COc1cc(CNCc2cccc(C(=O)O)c2)ccc1O. The van der Waals surface area contributed by atoms with E-state index in [-0.39, 0.29) is 11.3 Å². The molecule has 0 aliphatic heterocycles. The zero-order valence-corrected chi connectivity index (χ0v) is 11.7. The molecule has 21 heavy (non-hydrogen) atoms. The van der Waals surface area contributed by atoms with Gasteiger partial charge >= 0.3 is 5.97 Å². The molecule has 0 bridgehead atoms. The van der Waals surface area contributed by atoms with Crippen molar-refractivity contribution in [1.29, 1.82) is 0 Å². The van der Waals surface area contributed by atoms with Gasteiger partial charge in [-0.25, -0.2) is 4.79 Å². The van der Waals surface area contributed by atoms with Crippen molar-refractivity contribution in [3.8, 4) is 11.5 Å². The van der Waals surface area contributed by atoms with Crippen molar-refractivity contribution in [3.05, 3.63) is 59.2 Å². The fourth-order valence-corrected chi connectivity index (χ4v) is 2.00. The number of hydrogen-bond donors (Lipinski definition) is 3. The zero-order chi connectivity index (χ0) is 15.2. The maximum Gasteiger partial charge on any atom is 0.335 e. The summed E-state index contributed by atoms with van der Waals surface area (Å²) < 4.78 is 5.05. The first-order chi connectivity index (χ1) is 10.1. The van der Waals surface area contributed by atoms with Crippen molar-refractivity contribution in [1.82, 2.24) is 5.32 Å². The first kappa shape index (κ1) is 14.9. The van der Waals surface area contributed by atoms with Crippen LogP contribution in [0.1, 0.15) is 21.5 Å². The smallest absolute Gasteiger partial charge is 0.335 e. The van der Waals surface area contributed by atoms with Crippen molar-refractivity contribution in [2.24, 2.45) is 0 Å². The van der Waals surface area contributed by atoms with Crippen LogP contribution >= 0.6 is 0 Å². The van der Waals surface area contributed by atoms with Crippen LogP contribution in [-0.4, -0.2) is 23.3 Å². The lowest BCUT2D eigenvalue weighted by molar-refractivity contribution is 0.0696. The number of rotatable bonds is 6. The molecule has 0 spiro atoms. The maximum atomic E-state index is 10.9. The molecule has 2 aromatic carbocycles. The topological polar surface area (TPSA) is 78.8 Å². The van der Waals surface area contributed by atoms with Crippen molar-refractivity contribution >= 4 is 5.97 Å². The Morgan fingerprint density at radius 3 is 2.52 bits per heavy atom. The number of methoxy groups -OCH3 is 1. The Bertz CT molecular complexity index is 640.